The number of carbonyl (C=O) groups excluding carboxylic acids is 1. The minimum atomic E-state index is -0.279. The molecule has 0 spiro atoms. The zero-order valence-electron chi connectivity index (χ0n) is 10.1. The third kappa shape index (κ3) is 4.99. The molecular weight excluding hydrogens is 284 g/mol. The van der Waals surface area contributed by atoms with Crippen molar-refractivity contribution in [3.8, 4) is 5.75 Å². The van der Waals surface area contributed by atoms with E-state index in [4.69, 9.17) is 4.74 Å². The summed E-state index contributed by atoms with van der Waals surface area (Å²) < 4.78 is 6.19. The molecule has 1 amide bonds. The van der Waals surface area contributed by atoms with Gasteiger partial charge in [0.2, 0.25) is 0 Å². The molecule has 0 heterocycles. The number of hydrogen-bond donors (Lipinski definition) is 1. The maximum Gasteiger partial charge on any atom is 0.277 e. The van der Waals surface area contributed by atoms with Crippen LogP contribution in [0.1, 0.15) is 19.4 Å². The van der Waals surface area contributed by atoms with Crippen LogP contribution in [0.2, 0.25) is 0 Å². The minimum Gasteiger partial charge on any atom is -0.483 e. The number of aryl methyl sites for hydroxylation is 1. The lowest BCUT2D eigenvalue weighted by Crippen LogP contribution is -2.25. The first-order valence-corrected chi connectivity index (χ1v) is 5.97. The van der Waals surface area contributed by atoms with Crippen molar-refractivity contribution >= 4 is 27.5 Å². The van der Waals surface area contributed by atoms with Crippen LogP contribution >= 0.6 is 15.9 Å². The van der Waals surface area contributed by atoms with Crippen molar-refractivity contribution in [2.75, 3.05) is 6.61 Å². The second-order valence-corrected chi connectivity index (χ2v) is 4.67. The van der Waals surface area contributed by atoms with E-state index in [0.717, 1.165) is 15.7 Å². The molecule has 1 rings (SSSR count). The van der Waals surface area contributed by atoms with Gasteiger partial charge in [0.25, 0.3) is 5.91 Å². The molecular formula is C12H15BrN2O2. The predicted molar refractivity (Wildman–Crippen MR) is 71.3 cm³/mol. The molecule has 5 heteroatoms. The number of hydrazone groups is 1. The van der Waals surface area contributed by atoms with Gasteiger partial charge < -0.3 is 4.74 Å². The molecule has 92 valence electrons. The van der Waals surface area contributed by atoms with Gasteiger partial charge in [-0.3, -0.25) is 4.79 Å². The molecule has 0 bridgehead atoms. The number of rotatable bonds is 4. The largest absolute Gasteiger partial charge is 0.483 e. The summed E-state index contributed by atoms with van der Waals surface area (Å²) in [7, 11) is 0. The van der Waals surface area contributed by atoms with E-state index in [0.29, 0.717) is 5.75 Å². The Morgan fingerprint density at radius 1 is 1.47 bits per heavy atom. The number of halogens is 1. The van der Waals surface area contributed by atoms with Crippen LogP contribution in [0.25, 0.3) is 0 Å². The Kier molecular flexibility index (Phi) is 5.15. The van der Waals surface area contributed by atoms with Crippen LogP contribution in [0.15, 0.2) is 27.8 Å². The fourth-order valence-corrected chi connectivity index (χ4v) is 1.68. The Labute approximate surface area is 109 Å². The highest BCUT2D eigenvalue weighted by atomic mass is 79.9. The summed E-state index contributed by atoms with van der Waals surface area (Å²) in [6, 6.07) is 5.68. The molecule has 0 saturated heterocycles. The van der Waals surface area contributed by atoms with Gasteiger partial charge in [-0.1, -0.05) is 6.07 Å². The average molecular weight is 299 g/mol. The number of ether oxygens (including phenoxy) is 1. The van der Waals surface area contributed by atoms with Crippen molar-refractivity contribution in [3.63, 3.8) is 0 Å². The zero-order chi connectivity index (χ0) is 12.8. The Bertz CT molecular complexity index is 440. The van der Waals surface area contributed by atoms with E-state index in [1.54, 1.807) is 13.8 Å². The quantitative estimate of drug-likeness (QED) is 0.686. The third-order valence-corrected chi connectivity index (χ3v) is 2.47. The number of benzene rings is 1. The molecule has 1 aromatic carbocycles. The van der Waals surface area contributed by atoms with E-state index in [9.17, 15) is 4.79 Å². The predicted octanol–water partition coefficient (Wildman–Crippen LogP) is 2.65. The van der Waals surface area contributed by atoms with Gasteiger partial charge in [0.05, 0.1) is 4.47 Å². The number of nitrogens with zero attached hydrogens (tertiary/aromatic N) is 1. The first-order valence-electron chi connectivity index (χ1n) is 5.17. The second kappa shape index (κ2) is 6.39. The van der Waals surface area contributed by atoms with Crippen molar-refractivity contribution in [2.24, 2.45) is 5.10 Å². The number of amides is 1. The summed E-state index contributed by atoms with van der Waals surface area (Å²) in [6.45, 7) is 5.54. The van der Waals surface area contributed by atoms with Crippen molar-refractivity contribution in [1.82, 2.24) is 5.43 Å². The molecule has 0 fully saturated rings. The van der Waals surface area contributed by atoms with Crippen LogP contribution < -0.4 is 10.2 Å². The Morgan fingerprint density at radius 3 is 2.76 bits per heavy atom. The first kappa shape index (κ1) is 13.7. The van der Waals surface area contributed by atoms with E-state index < -0.39 is 0 Å². The SMILES string of the molecule is CC(C)=NNC(=O)COc1ccc(C)cc1Br. The highest BCUT2D eigenvalue weighted by Gasteiger charge is 2.04. The molecule has 4 nitrogen and oxygen atoms in total. The lowest BCUT2D eigenvalue weighted by molar-refractivity contribution is -0.123. The number of carbonyl (C=O) groups is 1. The second-order valence-electron chi connectivity index (χ2n) is 3.82. The number of hydrogen-bond acceptors (Lipinski definition) is 3. The minimum absolute atomic E-state index is 0.0571. The molecule has 0 aliphatic carbocycles. The van der Waals surface area contributed by atoms with Crippen LogP contribution in [0.4, 0.5) is 0 Å². The Balaban J connectivity index is 2.50. The van der Waals surface area contributed by atoms with E-state index in [2.05, 4.69) is 26.5 Å². The topological polar surface area (TPSA) is 50.7 Å². The molecule has 0 atom stereocenters. The van der Waals surface area contributed by atoms with Gasteiger partial charge in [-0.05, 0) is 54.4 Å². The lowest BCUT2D eigenvalue weighted by Gasteiger charge is -2.07. The number of nitrogens with one attached hydrogen (secondary N) is 1. The molecule has 0 aliphatic rings. The summed E-state index contributed by atoms with van der Waals surface area (Å²) in [5, 5.41) is 3.80. The van der Waals surface area contributed by atoms with Crippen molar-refractivity contribution in [1.29, 1.82) is 0 Å². The summed E-state index contributed by atoms with van der Waals surface area (Å²) >= 11 is 3.38. The van der Waals surface area contributed by atoms with Gasteiger partial charge in [0.1, 0.15) is 5.75 Å². The van der Waals surface area contributed by atoms with Crippen LogP contribution in [0, 0.1) is 6.92 Å². The van der Waals surface area contributed by atoms with Crippen LogP contribution in [-0.2, 0) is 4.79 Å². The van der Waals surface area contributed by atoms with Gasteiger partial charge in [0.15, 0.2) is 6.61 Å². The molecule has 17 heavy (non-hydrogen) atoms. The fourth-order valence-electron chi connectivity index (χ4n) is 1.07. The van der Waals surface area contributed by atoms with Gasteiger partial charge in [-0.15, -0.1) is 0 Å². The van der Waals surface area contributed by atoms with E-state index >= 15 is 0 Å². The van der Waals surface area contributed by atoms with E-state index in [1.165, 1.54) is 0 Å². The van der Waals surface area contributed by atoms with Crippen LogP contribution in [0.3, 0.4) is 0 Å². The summed E-state index contributed by atoms with van der Waals surface area (Å²) in [6.07, 6.45) is 0. The molecule has 0 aromatic heterocycles. The lowest BCUT2D eigenvalue weighted by atomic mass is 10.2. The smallest absolute Gasteiger partial charge is 0.277 e. The maximum atomic E-state index is 11.3. The Morgan fingerprint density at radius 2 is 2.18 bits per heavy atom. The molecule has 0 unspecified atom stereocenters. The van der Waals surface area contributed by atoms with Crippen LogP contribution in [0.5, 0.6) is 5.75 Å². The highest BCUT2D eigenvalue weighted by molar-refractivity contribution is 9.10. The third-order valence-electron chi connectivity index (χ3n) is 1.85. The van der Waals surface area contributed by atoms with Crippen molar-refractivity contribution in [2.45, 2.75) is 20.8 Å². The molecule has 1 aromatic rings. The Hall–Kier alpha value is -1.36. The van der Waals surface area contributed by atoms with Gasteiger partial charge in [-0.25, -0.2) is 5.43 Å². The molecule has 0 aliphatic heterocycles. The van der Waals surface area contributed by atoms with Crippen molar-refractivity contribution in [3.05, 3.63) is 28.2 Å². The van der Waals surface area contributed by atoms with Gasteiger partial charge in [0, 0.05) is 5.71 Å². The summed E-state index contributed by atoms with van der Waals surface area (Å²) in [4.78, 5) is 11.3. The normalized spacial score (nSPS) is 9.65. The van der Waals surface area contributed by atoms with E-state index in [1.807, 2.05) is 25.1 Å². The van der Waals surface area contributed by atoms with Crippen molar-refractivity contribution < 1.29 is 9.53 Å². The average Bonchev–Trinajstić information content (AvgIpc) is 2.25. The first-order chi connectivity index (χ1) is 7.99. The molecule has 0 radical (unpaired) electrons. The van der Waals surface area contributed by atoms with E-state index in [-0.39, 0.29) is 12.5 Å². The summed E-state index contributed by atoms with van der Waals surface area (Å²) in [5.41, 5.74) is 4.30. The van der Waals surface area contributed by atoms with Gasteiger partial charge >= 0.3 is 0 Å². The van der Waals surface area contributed by atoms with Gasteiger partial charge in [-0.2, -0.15) is 5.10 Å². The maximum absolute atomic E-state index is 11.3. The molecule has 0 saturated carbocycles. The monoisotopic (exact) mass is 298 g/mol. The standard InChI is InChI=1S/C12H15BrN2O2/c1-8(2)14-15-12(16)7-17-11-5-4-9(3)6-10(11)13/h4-6H,7H2,1-3H3,(H,15,16). The highest BCUT2D eigenvalue weighted by Crippen LogP contribution is 2.25. The summed E-state index contributed by atoms with van der Waals surface area (Å²) in [5.74, 6) is 0.363. The fraction of sp³-hybridized carbons (Fsp3) is 0.333. The molecule has 1 N–H and O–H groups in total. The zero-order valence-corrected chi connectivity index (χ0v) is 11.7. The van der Waals surface area contributed by atoms with Crippen LogP contribution in [-0.4, -0.2) is 18.2 Å².